The highest BCUT2D eigenvalue weighted by Crippen LogP contribution is 2.29. The fraction of sp³-hybridized carbons (Fsp3) is 0.367. The van der Waals surface area contributed by atoms with E-state index in [9.17, 15) is 14.7 Å². The van der Waals surface area contributed by atoms with Gasteiger partial charge in [-0.15, -0.1) is 0 Å². The van der Waals surface area contributed by atoms with Crippen molar-refractivity contribution in [1.29, 1.82) is 0 Å². The fourth-order valence-corrected chi connectivity index (χ4v) is 5.91. The number of aliphatic hydroxyl groups is 1. The molecule has 0 spiro atoms. The van der Waals surface area contributed by atoms with Gasteiger partial charge in [-0.2, -0.15) is 0 Å². The number of fused-ring (bicyclic) bond motifs is 1. The number of benzene rings is 2. The largest absolute Gasteiger partial charge is 0.497 e. The van der Waals surface area contributed by atoms with Crippen LogP contribution in [0.15, 0.2) is 78.0 Å². The minimum absolute atomic E-state index is 0.0517. The van der Waals surface area contributed by atoms with Crippen molar-refractivity contribution in [2.24, 2.45) is 5.92 Å². The lowest BCUT2D eigenvalue weighted by Crippen LogP contribution is -2.49. The SMILES string of the molecule is COc1ccc(-n2ccc3c(=O)n(CC4CCN(C(=O)C5CC(O)CN5c5ccccc5)CC4)cnc32)cc1. The van der Waals surface area contributed by atoms with E-state index in [1.54, 1.807) is 18.0 Å². The predicted octanol–water partition coefficient (Wildman–Crippen LogP) is 3.07. The van der Waals surface area contributed by atoms with E-state index in [1.165, 1.54) is 0 Å². The number of carbonyl (C=O) groups excluding carboxylic acids is 1. The Kier molecular flexibility index (Phi) is 6.83. The number of β-amino-alcohol motifs (C(OH)–C–C–N with tert-alkyl or cyclic N) is 1. The number of aliphatic hydroxyl groups excluding tert-OH is 1. The van der Waals surface area contributed by atoms with Gasteiger partial charge in [0.15, 0.2) is 5.65 Å². The van der Waals surface area contributed by atoms with Gasteiger partial charge in [0.2, 0.25) is 5.91 Å². The summed E-state index contributed by atoms with van der Waals surface area (Å²) in [6.45, 7) is 2.35. The second-order valence-corrected chi connectivity index (χ2v) is 10.5. The molecule has 2 saturated heterocycles. The molecule has 2 unspecified atom stereocenters. The van der Waals surface area contributed by atoms with Gasteiger partial charge in [-0.3, -0.25) is 14.2 Å². The minimum Gasteiger partial charge on any atom is -0.497 e. The van der Waals surface area contributed by atoms with Crippen LogP contribution in [-0.2, 0) is 11.3 Å². The molecular formula is C30H33N5O4. The molecule has 9 nitrogen and oxygen atoms in total. The summed E-state index contributed by atoms with van der Waals surface area (Å²) < 4.78 is 8.85. The van der Waals surface area contributed by atoms with Crippen molar-refractivity contribution in [1.82, 2.24) is 19.0 Å². The molecule has 2 fully saturated rings. The average molecular weight is 528 g/mol. The molecule has 4 heterocycles. The van der Waals surface area contributed by atoms with Crippen LogP contribution in [0.4, 0.5) is 5.69 Å². The Morgan fingerprint density at radius 1 is 1.03 bits per heavy atom. The number of amides is 1. The minimum atomic E-state index is -0.509. The summed E-state index contributed by atoms with van der Waals surface area (Å²) in [6.07, 6.45) is 5.09. The van der Waals surface area contributed by atoms with E-state index in [2.05, 4.69) is 4.98 Å². The highest BCUT2D eigenvalue weighted by Gasteiger charge is 2.39. The van der Waals surface area contributed by atoms with Gasteiger partial charge in [-0.05, 0) is 61.2 Å². The molecule has 6 rings (SSSR count). The number of carbonyl (C=O) groups is 1. The van der Waals surface area contributed by atoms with Gasteiger partial charge in [-0.25, -0.2) is 4.98 Å². The first-order valence-electron chi connectivity index (χ1n) is 13.5. The van der Waals surface area contributed by atoms with E-state index in [4.69, 9.17) is 4.74 Å². The Morgan fingerprint density at radius 3 is 2.49 bits per heavy atom. The number of para-hydroxylation sites is 1. The number of hydrogen-bond acceptors (Lipinski definition) is 6. The smallest absolute Gasteiger partial charge is 0.262 e. The summed E-state index contributed by atoms with van der Waals surface area (Å²) in [5.41, 5.74) is 2.45. The molecule has 39 heavy (non-hydrogen) atoms. The van der Waals surface area contributed by atoms with Gasteiger partial charge >= 0.3 is 0 Å². The van der Waals surface area contributed by atoms with Crippen molar-refractivity contribution in [3.8, 4) is 11.4 Å². The van der Waals surface area contributed by atoms with Crippen LogP contribution in [0, 0.1) is 5.92 Å². The van der Waals surface area contributed by atoms with Crippen LogP contribution < -0.4 is 15.2 Å². The number of rotatable bonds is 6. The van der Waals surface area contributed by atoms with E-state index in [-0.39, 0.29) is 23.4 Å². The Morgan fingerprint density at radius 2 is 1.77 bits per heavy atom. The second-order valence-electron chi connectivity index (χ2n) is 10.5. The van der Waals surface area contributed by atoms with Crippen molar-refractivity contribution < 1.29 is 14.6 Å². The first-order chi connectivity index (χ1) is 19.0. The monoisotopic (exact) mass is 527 g/mol. The number of hydrogen-bond donors (Lipinski definition) is 1. The number of anilines is 1. The van der Waals surface area contributed by atoms with Crippen LogP contribution in [0.3, 0.4) is 0 Å². The topological polar surface area (TPSA) is 92.8 Å². The number of methoxy groups -OCH3 is 1. The highest BCUT2D eigenvalue weighted by molar-refractivity contribution is 5.86. The summed E-state index contributed by atoms with van der Waals surface area (Å²) in [6, 6.07) is 18.9. The van der Waals surface area contributed by atoms with Crippen molar-refractivity contribution >= 4 is 22.6 Å². The van der Waals surface area contributed by atoms with Crippen LogP contribution >= 0.6 is 0 Å². The Hall–Kier alpha value is -4.11. The predicted molar refractivity (Wildman–Crippen MR) is 149 cm³/mol. The van der Waals surface area contributed by atoms with Gasteiger partial charge in [0, 0.05) is 50.2 Å². The van der Waals surface area contributed by atoms with E-state index in [1.807, 2.05) is 81.2 Å². The lowest BCUT2D eigenvalue weighted by atomic mass is 9.96. The van der Waals surface area contributed by atoms with Gasteiger partial charge in [0.25, 0.3) is 5.56 Å². The Bertz CT molecular complexity index is 1510. The van der Waals surface area contributed by atoms with Crippen LogP contribution in [-0.4, -0.2) is 68.9 Å². The molecule has 202 valence electrons. The fourth-order valence-electron chi connectivity index (χ4n) is 5.91. The van der Waals surface area contributed by atoms with Crippen molar-refractivity contribution in [2.45, 2.75) is 38.0 Å². The van der Waals surface area contributed by atoms with E-state index in [0.29, 0.717) is 43.6 Å². The molecule has 2 aliphatic heterocycles. The van der Waals surface area contributed by atoms with Gasteiger partial charge in [0.05, 0.1) is 24.9 Å². The third kappa shape index (κ3) is 4.90. The molecule has 4 aromatic rings. The molecular weight excluding hydrogens is 494 g/mol. The summed E-state index contributed by atoms with van der Waals surface area (Å²) in [4.78, 5) is 35.3. The maximum atomic E-state index is 13.4. The van der Waals surface area contributed by atoms with Crippen molar-refractivity contribution in [3.63, 3.8) is 0 Å². The first-order valence-corrected chi connectivity index (χ1v) is 13.5. The van der Waals surface area contributed by atoms with Crippen LogP contribution in [0.1, 0.15) is 19.3 Å². The Labute approximate surface area is 226 Å². The summed E-state index contributed by atoms with van der Waals surface area (Å²) >= 11 is 0. The van der Waals surface area contributed by atoms with Crippen molar-refractivity contribution in [2.75, 3.05) is 31.6 Å². The third-order valence-corrected chi connectivity index (χ3v) is 8.05. The molecule has 2 aliphatic rings. The maximum absolute atomic E-state index is 13.4. The quantitative estimate of drug-likeness (QED) is 0.414. The van der Waals surface area contributed by atoms with Crippen LogP contribution in [0.5, 0.6) is 5.75 Å². The molecule has 2 atom stereocenters. The number of ether oxygens (including phenoxy) is 1. The molecule has 0 aliphatic carbocycles. The number of piperidine rings is 1. The lowest BCUT2D eigenvalue weighted by Gasteiger charge is -2.36. The van der Waals surface area contributed by atoms with Crippen LogP contribution in [0.25, 0.3) is 16.7 Å². The van der Waals surface area contributed by atoms with Gasteiger partial charge in [0.1, 0.15) is 11.8 Å². The number of aromatic nitrogens is 3. The normalized spacial score (nSPS) is 20.1. The van der Waals surface area contributed by atoms with E-state index >= 15 is 0 Å². The zero-order valence-electron chi connectivity index (χ0n) is 22.0. The average Bonchev–Trinajstić information content (AvgIpc) is 3.59. The van der Waals surface area contributed by atoms with Crippen LogP contribution in [0.2, 0.25) is 0 Å². The molecule has 2 aromatic heterocycles. The van der Waals surface area contributed by atoms with Gasteiger partial charge < -0.3 is 24.2 Å². The molecule has 0 radical (unpaired) electrons. The van der Waals surface area contributed by atoms with Gasteiger partial charge in [-0.1, -0.05) is 18.2 Å². The lowest BCUT2D eigenvalue weighted by molar-refractivity contribution is -0.134. The molecule has 2 aromatic carbocycles. The maximum Gasteiger partial charge on any atom is 0.262 e. The molecule has 1 amide bonds. The molecule has 9 heteroatoms. The Balaban J connectivity index is 1.11. The van der Waals surface area contributed by atoms with Crippen molar-refractivity contribution in [3.05, 3.63) is 83.5 Å². The first kappa shape index (κ1) is 25.2. The standard InChI is InChI=1S/C30H33N5O4/c1-39-25-9-7-23(8-10-25)34-16-13-26-28(34)31-20-33(29(26)37)18-21-11-14-32(15-12-21)30(38)27-17-24(36)19-35(27)22-5-3-2-4-6-22/h2-10,13,16,20-21,24,27,36H,11-12,14-15,17-19H2,1H3. The highest BCUT2D eigenvalue weighted by atomic mass is 16.5. The molecule has 0 bridgehead atoms. The summed E-state index contributed by atoms with van der Waals surface area (Å²) in [7, 11) is 1.63. The third-order valence-electron chi connectivity index (χ3n) is 8.05. The molecule has 0 saturated carbocycles. The number of likely N-dealkylation sites (tertiary alicyclic amines) is 1. The number of nitrogens with zero attached hydrogens (tertiary/aromatic N) is 5. The van der Waals surface area contributed by atoms with E-state index in [0.717, 1.165) is 30.0 Å². The zero-order chi connectivity index (χ0) is 26.9. The summed E-state index contributed by atoms with van der Waals surface area (Å²) in [5, 5.41) is 10.9. The summed E-state index contributed by atoms with van der Waals surface area (Å²) in [5.74, 6) is 1.13. The van der Waals surface area contributed by atoms with E-state index < -0.39 is 6.10 Å². The molecule has 1 N–H and O–H groups in total. The zero-order valence-corrected chi connectivity index (χ0v) is 22.0. The second kappa shape index (κ2) is 10.6.